The minimum Gasteiger partial charge on any atom is -0.370 e. The van der Waals surface area contributed by atoms with Crippen molar-refractivity contribution in [3.8, 4) is 0 Å². The predicted molar refractivity (Wildman–Crippen MR) is 124 cm³/mol. The van der Waals surface area contributed by atoms with E-state index in [9.17, 15) is 9.18 Å². The quantitative estimate of drug-likeness (QED) is 0.541. The number of halogens is 1. The molecule has 3 heterocycles. The summed E-state index contributed by atoms with van der Waals surface area (Å²) >= 11 is 0. The van der Waals surface area contributed by atoms with Gasteiger partial charge in [-0.15, -0.1) is 0 Å². The number of guanidine groups is 1. The molecular weight excluding hydrogens is 409 g/mol. The average molecular weight is 440 g/mol. The molecule has 32 heavy (non-hydrogen) atoms. The van der Waals surface area contributed by atoms with Gasteiger partial charge in [-0.3, -0.25) is 4.79 Å². The molecule has 2 aliphatic rings. The van der Waals surface area contributed by atoms with Gasteiger partial charge in [0.25, 0.3) is 0 Å². The van der Waals surface area contributed by atoms with Crippen molar-refractivity contribution in [1.82, 2.24) is 9.88 Å². The Morgan fingerprint density at radius 2 is 1.69 bits per heavy atom. The molecule has 0 saturated carbocycles. The molecule has 0 atom stereocenters. The molecule has 1 amide bonds. The fourth-order valence-corrected chi connectivity index (χ4v) is 4.33. The molecule has 4 rings (SSSR count). The fraction of sp³-hybridized carbons (Fsp3) is 0.435. The highest BCUT2D eigenvalue weighted by Crippen LogP contribution is 2.25. The smallest absolute Gasteiger partial charge is 0.220 e. The number of nitrogens with two attached hydrogens (primary N) is 2. The van der Waals surface area contributed by atoms with Gasteiger partial charge in [-0.25, -0.2) is 14.4 Å². The van der Waals surface area contributed by atoms with Crippen LogP contribution in [0.4, 0.5) is 15.9 Å². The van der Waals surface area contributed by atoms with E-state index in [4.69, 9.17) is 11.5 Å². The monoisotopic (exact) mass is 439 g/mol. The summed E-state index contributed by atoms with van der Waals surface area (Å²) in [6.45, 7) is 5.07. The van der Waals surface area contributed by atoms with Crippen LogP contribution in [0.3, 0.4) is 0 Å². The van der Waals surface area contributed by atoms with E-state index < -0.39 is 0 Å². The Labute approximate surface area is 187 Å². The van der Waals surface area contributed by atoms with Crippen LogP contribution in [0, 0.1) is 11.7 Å². The van der Waals surface area contributed by atoms with E-state index >= 15 is 0 Å². The Bertz CT molecular complexity index is 949. The predicted octanol–water partition coefficient (Wildman–Crippen LogP) is 1.56. The van der Waals surface area contributed by atoms with Crippen molar-refractivity contribution in [2.45, 2.75) is 19.4 Å². The van der Waals surface area contributed by atoms with Crippen molar-refractivity contribution in [2.24, 2.45) is 22.4 Å². The molecule has 2 aliphatic heterocycles. The highest BCUT2D eigenvalue weighted by Gasteiger charge is 2.25. The number of hydrogen-bond acceptors (Lipinski definition) is 5. The zero-order chi connectivity index (χ0) is 22.5. The second kappa shape index (κ2) is 9.84. The number of piperidine rings is 1. The van der Waals surface area contributed by atoms with Crippen LogP contribution in [0.15, 0.2) is 47.6 Å². The minimum atomic E-state index is -0.226. The van der Waals surface area contributed by atoms with Crippen molar-refractivity contribution in [3.63, 3.8) is 0 Å². The van der Waals surface area contributed by atoms with Crippen LogP contribution in [-0.2, 0) is 11.3 Å². The first-order chi connectivity index (χ1) is 15.5. The zero-order valence-corrected chi connectivity index (χ0v) is 18.2. The van der Waals surface area contributed by atoms with Gasteiger partial charge >= 0.3 is 0 Å². The number of pyridine rings is 1. The molecule has 0 spiro atoms. The lowest BCUT2D eigenvalue weighted by Crippen LogP contribution is -2.51. The van der Waals surface area contributed by atoms with Crippen LogP contribution >= 0.6 is 0 Å². The largest absolute Gasteiger partial charge is 0.370 e. The Morgan fingerprint density at radius 1 is 1.00 bits per heavy atom. The lowest BCUT2D eigenvalue weighted by atomic mass is 9.96. The Hall–Kier alpha value is -3.36. The molecule has 8 nitrogen and oxygen atoms in total. The molecule has 170 valence electrons. The first kappa shape index (κ1) is 21.9. The second-order valence-electron chi connectivity index (χ2n) is 8.27. The van der Waals surface area contributed by atoms with Crippen LogP contribution in [0.1, 0.15) is 18.4 Å². The molecule has 2 aromatic rings. The van der Waals surface area contributed by atoms with E-state index in [0.717, 1.165) is 69.2 Å². The number of primary amides is 1. The summed E-state index contributed by atoms with van der Waals surface area (Å²) < 4.78 is 13.2. The maximum absolute atomic E-state index is 13.2. The number of aromatic nitrogens is 1. The van der Waals surface area contributed by atoms with Crippen LogP contribution in [0.25, 0.3) is 0 Å². The molecule has 1 aromatic carbocycles. The summed E-state index contributed by atoms with van der Waals surface area (Å²) in [4.78, 5) is 27.1. The summed E-state index contributed by atoms with van der Waals surface area (Å²) in [7, 11) is 0. The molecule has 1 aromatic heterocycles. The van der Waals surface area contributed by atoms with E-state index in [2.05, 4.69) is 24.7 Å². The Morgan fingerprint density at radius 3 is 2.34 bits per heavy atom. The first-order valence-electron chi connectivity index (χ1n) is 11.0. The Kier molecular flexibility index (Phi) is 6.72. The van der Waals surface area contributed by atoms with E-state index in [0.29, 0.717) is 12.5 Å². The highest BCUT2D eigenvalue weighted by molar-refractivity contribution is 5.78. The number of amides is 1. The van der Waals surface area contributed by atoms with Gasteiger partial charge in [0.2, 0.25) is 5.91 Å². The fourth-order valence-electron chi connectivity index (χ4n) is 4.33. The van der Waals surface area contributed by atoms with E-state index in [1.165, 1.54) is 12.1 Å². The summed E-state index contributed by atoms with van der Waals surface area (Å²) in [5.41, 5.74) is 13.8. The number of carbonyl (C=O) groups excluding carboxylic acids is 1. The highest BCUT2D eigenvalue weighted by atomic mass is 19.1. The third-order valence-corrected chi connectivity index (χ3v) is 6.27. The van der Waals surface area contributed by atoms with Crippen LogP contribution < -0.4 is 21.3 Å². The van der Waals surface area contributed by atoms with Gasteiger partial charge in [-0.2, -0.15) is 0 Å². The van der Waals surface area contributed by atoms with Crippen LogP contribution in [0.2, 0.25) is 0 Å². The van der Waals surface area contributed by atoms with Crippen molar-refractivity contribution in [3.05, 3.63) is 54.0 Å². The molecule has 4 N–H and O–H groups in total. The third kappa shape index (κ3) is 5.09. The molecule has 0 aliphatic carbocycles. The van der Waals surface area contributed by atoms with E-state index in [1.807, 2.05) is 12.1 Å². The minimum absolute atomic E-state index is 0.0549. The number of piperazine rings is 1. The summed E-state index contributed by atoms with van der Waals surface area (Å²) in [5, 5.41) is 0. The number of rotatable bonds is 5. The maximum atomic E-state index is 13.2. The third-order valence-electron chi connectivity index (χ3n) is 6.27. The van der Waals surface area contributed by atoms with Gasteiger partial charge in [0.1, 0.15) is 11.6 Å². The van der Waals surface area contributed by atoms with Crippen molar-refractivity contribution < 1.29 is 9.18 Å². The van der Waals surface area contributed by atoms with Crippen molar-refractivity contribution in [2.75, 3.05) is 49.1 Å². The van der Waals surface area contributed by atoms with Gasteiger partial charge in [0.05, 0.1) is 6.54 Å². The molecule has 0 radical (unpaired) electrons. The van der Waals surface area contributed by atoms with Crippen molar-refractivity contribution >= 4 is 23.4 Å². The number of hydrogen-bond donors (Lipinski definition) is 2. The SMILES string of the molecule is NC(=O)C1CCN(c2ncccc2CN=C(N)N2CCN(c3ccc(F)cc3)CC2)CC1. The molecular formula is C23H30FN7O. The van der Waals surface area contributed by atoms with Gasteiger partial charge in [0.15, 0.2) is 5.96 Å². The summed E-state index contributed by atoms with van der Waals surface area (Å²) in [6, 6.07) is 10.5. The van der Waals surface area contributed by atoms with Crippen molar-refractivity contribution in [1.29, 1.82) is 0 Å². The second-order valence-corrected chi connectivity index (χ2v) is 8.27. The normalized spacial score (nSPS) is 18.2. The molecule has 2 fully saturated rings. The van der Waals surface area contributed by atoms with Crippen LogP contribution in [-0.4, -0.2) is 61.0 Å². The van der Waals surface area contributed by atoms with Gasteiger partial charge in [-0.1, -0.05) is 6.07 Å². The number of aliphatic imine (C=N–C) groups is 1. The molecule has 9 heteroatoms. The zero-order valence-electron chi connectivity index (χ0n) is 18.2. The molecule has 0 bridgehead atoms. The number of nitrogens with zero attached hydrogens (tertiary/aromatic N) is 5. The van der Waals surface area contributed by atoms with Gasteiger partial charge in [-0.05, 0) is 43.2 Å². The van der Waals surface area contributed by atoms with Crippen LogP contribution in [0.5, 0.6) is 0 Å². The lowest BCUT2D eigenvalue weighted by molar-refractivity contribution is -0.122. The summed E-state index contributed by atoms with van der Waals surface area (Å²) in [5.74, 6) is 0.915. The first-order valence-corrected chi connectivity index (χ1v) is 11.0. The summed E-state index contributed by atoms with van der Waals surface area (Å²) in [6.07, 6.45) is 3.27. The van der Waals surface area contributed by atoms with Gasteiger partial charge in [0, 0.05) is 62.6 Å². The number of benzene rings is 1. The maximum Gasteiger partial charge on any atom is 0.220 e. The average Bonchev–Trinajstić information content (AvgIpc) is 2.83. The number of anilines is 2. The molecule has 2 saturated heterocycles. The van der Waals surface area contributed by atoms with E-state index in [1.54, 1.807) is 18.3 Å². The van der Waals surface area contributed by atoms with E-state index in [-0.39, 0.29) is 17.6 Å². The Balaban J connectivity index is 1.35. The lowest BCUT2D eigenvalue weighted by Gasteiger charge is -2.36. The van der Waals surface area contributed by atoms with Gasteiger partial charge < -0.3 is 26.2 Å². The molecule has 0 unspecified atom stereocenters. The standard InChI is InChI=1S/C23H30FN7O/c24-19-3-5-20(6-4-19)29-12-14-31(15-13-29)23(26)28-16-18-2-1-9-27-22(18)30-10-7-17(8-11-30)21(25)32/h1-6,9,17H,7-8,10-16H2,(H2,25,32)(H2,26,28). The number of carbonyl (C=O) groups is 1. The topological polar surface area (TPSA) is 104 Å².